The maximum atomic E-state index is 12.5. The Balaban J connectivity index is 1.48. The number of rotatable bonds is 6. The first kappa shape index (κ1) is 18.8. The van der Waals surface area contributed by atoms with Crippen molar-refractivity contribution in [3.63, 3.8) is 0 Å². The van der Waals surface area contributed by atoms with Crippen LogP contribution < -0.4 is 5.32 Å². The zero-order valence-corrected chi connectivity index (χ0v) is 16.1. The summed E-state index contributed by atoms with van der Waals surface area (Å²) < 4.78 is 0. The first-order chi connectivity index (χ1) is 12.5. The molecule has 0 bridgehead atoms. The largest absolute Gasteiger partial charge is 0.325 e. The van der Waals surface area contributed by atoms with Crippen LogP contribution in [0.3, 0.4) is 0 Å². The quantitative estimate of drug-likeness (QED) is 0.793. The highest BCUT2D eigenvalue weighted by molar-refractivity contribution is 7.07. The topological polar surface area (TPSA) is 52.7 Å². The fourth-order valence-electron chi connectivity index (χ4n) is 3.15. The molecule has 1 unspecified atom stereocenters. The minimum Gasteiger partial charge on any atom is -0.325 e. The van der Waals surface area contributed by atoms with E-state index in [-0.39, 0.29) is 17.7 Å². The maximum Gasteiger partial charge on any atom is 0.241 e. The Kier molecular flexibility index (Phi) is 6.19. The molecule has 0 radical (unpaired) electrons. The molecule has 0 saturated carbocycles. The number of Topliss-reactive ketones (excluding diaryl/α,β-unsaturated/α-hetero) is 1. The summed E-state index contributed by atoms with van der Waals surface area (Å²) >= 11 is 1.73. The highest BCUT2D eigenvalue weighted by Crippen LogP contribution is 2.15. The molecule has 6 heteroatoms. The summed E-state index contributed by atoms with van der Waals surface area (Å²) in [5.74, 6) is 0.0171. The number of carbonyl (C=O) groups excluding carboxylic acids is 2. The molecular formula is C20H25N3O2S. The van der Waals surface area contributed by atoms with E-state index in [1.165, 1.54) is 12.5 Å². The molecule has 2 aromatic rings. The SMILES string of the molecule is CC(=O)c1ccc(NC(=O)C(C)N2CCN(Cc3ccsc3)CC2)cc1. The van der Waals surface area contributed by atoms with E-state index >= 15 is 0 Å². The van der Waals surface area contributed by atoms with Crippen LogP contribution >= 0.6 is 11.3 Å². The fraction of sp³-hybridized carbons (Fsp3) is 0.400. The normalized spacial score (nSPS) is 17.0. The van der Waals surface area contributed by atoms with E-state index in [9.17, 15) is 9.59 Å². The van der Waals surface area contributed by atoms with Crippen molar-refractivity contribution in [2.45, 2.75) is 26.4 Å². The van der Waals surface area contributed by atoms with Gasteiger partial charge in [0.05, 0.1) is 6.04 Å². The predicted octanol–water partition coefficient (Wildman–Crippen LogP) is 3.10. The Morgan fingerprint density at radius 1 is 1.12 bits per heavy atom. The summed E-state index contributed by atoms with van der Waals surface area (Å²) in [6, 6.07) is 9.04. The van der Waals surface area contributed by atoms with Crippen LogP contribution in [0.5, 0.6) is 0 Å². The number of ketones is 1. The van der Waals surface area contributed by atoms with E-state index in [2.05, 4.69) is 31.9 Å². The van der Waals surface area contributed by atoms with Crippen molar-refractivity contribution >= 4 is 28.7 Å². The van der Waals surface area contributed by atoms with E-state index < -0.39 is 0 Å². The molecular weight excluding hydrogens is 346 g/mol. The lowest BCUT2D eigenvalue weighted by Gasteiger charge is -2.37. The Hall–Kier alpha value is -2.02. The van der Waals surface area contributed by atoms with Crippen molar-refractivity contribution in [2.75, 3.05) is 31.5 Å². The van der Waals surface area contributed by atoms with Crippen LogP contribution in [-0.2, 0) is 11.3 Å². The van der Waals surface area contributed by atoms with Crippen LogP contribution in [-0.4, -0.2) is 53.7 Å². The monoisotopic (exact) mass is 371 g/mol. The molecule has 1 amide bonds. The van der Waals surface area contributed by atoms with Crippen molar-refractivity contribution in [3.8, 4) is 0 Å². The summed E-state index contributed by atoms with van der Waals surface area (Å²) in [4.78, 5) is 28.5. The third-order valence-electron chi connectivity index (χ3n) is 4.88. The van der Waals surface area contributed by atoms with E-state index in [0.717, 1.165) is 38.4 Å². The molecule has 1 aliphatic rings. The van der Waals surface area contributed by atoms with Gasteiger partial charge >= 0.3 is 0 Å². The van der Waals surface area contributed by atoms with Gasteiger partial charge in [0.15, 0.2) is 5.78 Å². The molecule has 1 atom stereocenters. The number of benzene rings is 1. The number of piperazine rings is 1. The second kappa shape index (κ2) is 8.58. The van der Waals surface area contributed by atoms with E-state index in [4.69, 9.17) is 0 Å². The van der Waals surface area contributed by atoms with Gasteiger partial charge in [0.2, 0.25) is 5.91 Å². The van der Waals surface area contributed by atoms with Crippen LogP contribution in [0.1, 0.15) is 29.8 Å². The number of nitrogens with one attached hydrogen (secondary N) is 1. The molecule has 1 aliphatic heterocycles. The third kappa shape index (κ3) is 4.78. The summed E-state index contributed by atoms with van der Waals surface area (Å²) in [5.41, 5.74) is 2.74. The number of thiophene rings is 1. The van der Waals surface area contributed by atoms with Crippen molar-refractivity contribution in [3.05, 3.63) is 52.2 Å². The molecule has 1 aromatic heterocycles. The average Bonchev–Trinajstić information content (AvgIpc) is 3.15. The Morgan fingerprint density at radius 3 is 2.38 bits per heavy atom. The second-order valence-electron chi connectivity index (χ2n) is 6.74. The van der Waals surface area contributed by atoms with Gasteiger partial charge in [-0.15, -0.1) is 0 Å². The van der Waals surface area contributed by atoms with Crippen molar-refractivity contribution < 1.29 is 9.59 Å². The average molecular weight is 372 g/mol. The lowest BCUT2D eigenvalue weighted by atomic mass is 10.1. The van der Waals surface area contributed by atoms with Gasteiger partial charge in [-0.3, -0.25) is 19.4 Å². The van der Waals surface area contributed by atoms with E-state index in [1.807, 2.05) is 6.92 Å². The number of carbonyl (C=O) groups is 2. The van der Waals surface area contributed by atoms with Gasteiger partial charge < -0.3 is 5.32 Å². The van der Waals surface area contributed by atoms with Gasteiger partial charge in [-0.1, -0.05) is 0 Å². The predicted molar refractivity (Wildman–Crippen MR) is 106 cm³/mol. The molecule has 138 valence electrons. The Labute approximate surface area is 158 Å². The zero-order chi connectivity index (χ0) is 18.5. The van der Waals surface area contributed by atoms with E-state index in [1.54, 1.807) is 35.6 Å². The summed E-state index contributed by atoms with van der Waals surface area (Å²) in [5, 5.41) is 7.25. The first-order valence-corrected chi connectivity index (χ1v) is 9.86. The van der Waals surface area contributed by atoms with Crippen LogP contribution in [0.4, 0.5) is 5.69 Å². The molecule has 1 N–H and O–H groups in total. The second-order valence-corrected chi connectivity index (χ2v) is 7.52. The molecule has 2 heterocycles. The van der Waals surface area contributed by atoms with Gasteiger partial charge in [-0.25, -0.2) is 0 Å². The highest BCUT2D eigenvalue weighted by atomic mass is 32.1. The van der Waals surface area contributed by atoms with Crippen LogP contribution in [0.2, 0.25) is 0 Å². The number of hydrogen-bond donors (Lipinski definition) is 1. The number of nitrogens with zero attached hydrogens (tertiary/aromatic N) is 2. The standard InChI is InChI=1S/C20H25N3O2S/c1-15(20(25)21-19-5-3-18(4-6-19)16(2)24)23-10-8-22(9-11-23)13-17-7-12-26-14-17/h3-7,12,14-15H,8-11,13H2,1-2H3,(H,21,25). The van der Waals surface area contributed by atoms with Gasteiger partial charge in [-0.05, 0) is 60.5 Å². The Morgan fingerprint density at radius 2 is 1.81 bits per heavy atom. The number of anilines is 1. The fourth-order valence-corrected chi connectivity index (χ4v) is 3.81. The lowest BCUT2D eigenvalue weighted by Crippen LogP contribution is -2.52. The molecule has 26 heavy (non-hydrogen) atoms. The van der Waals surface area contributed by atoms with Gasteiger partial charge in [0.25, 0.3) is 0 Å². The van der Waals surface area contributed by atoms with Gasteiger partial charge in [-0.2, -0.15) is 11.3 Å². The molecule has 1 fully saturated rings. The zero-order valence-electron chi connectivity index (χ0n) is 15.3. The van der Waals surface area contributed by atoms with Gasteiger partial charge in [0.1, 0.15) is 0 Å². The molecule has 3 rings (SSSR count). The summed E-state index contributed by atoms with van der Waals surface area (Å²) in [6.07, 6.45) is 0. The lowest BCUT2D eigenvalue weighted by molar-refractivity contribution is -0.121. The minimum atomic E-state index is -0.175. The maximum absolute atomic E-state index is 12.5. The Bertz CT molecular complexity index is 735. The molecule has 5 nitrogen and oxygen atoms in total. The van der Waals surface area contributed by atoms with Crippen molar-refractivity contribution in [2.24, 2.45) is 0 Å². The smallest absolute Gasteiger partial charge is 0.241 e. The van der Waals surface area contributed by atoms with Crippen molar-refractivity contribution in [1.29, 1.82) is 0 Å². The minimum absolute atomic E-state index is 0.00754. The van der Waals surface area contributed by atoms with E-state index in [0.29, 0.717) is 5.56 Å². The van der Waals surface area contributed by atoms with Crippen LogP contribution in [0, 0.1) is 0 Å². The highest BCUT2D eigenvalue weighted by Gasteiger charge is 2.25. The third-order valence-corrected chi connectivity index (χ3v) is 5.61. The summed E-state index contributed by atoms with van der Waals surface area (Å²) in [7, 11) is 0. The number of hydrogen-bond acceptors (Lipinski definition) is 5. The van der Waals surface area contributed by atoms with Crippen molar-refractivity contribution in [1.82, 2.24) is 9.80 Å². The number of amides is 1. The van der Waals surface area contributed by atoms with Gasteiger partial charge in [0, 0.05) is 44.0 Å². The molecule has 1 aromatic carbocycles. The first-order valence-electron chi connectivity index (χ1n) is 8.92. The van der Waals surface area contributed by atoms with Crippen LogP contribution in [0.25, 0.3) is 0 Å². The van der Waals surface area contributed by atoms with Crippen LogP contribution in [0.15, 0.2) is 41.1 Å². The molecule has 1 saturated heterocycles. The molecule has 0 spiro atoms. The summed E-state index contributed by atoms with van der Waals surface area (Å²) in [6.45, 7) is 8.20. The molecule has 0 aliphatic carbocycles.